The molecule has 0 saturated carbocycles. The first-order chi connectivity index (χ1) is 12.1. The van der Waals surface area contributed by atoms with Gasteiger partial charge in [-0.15, -0.1) is 0 Å². The van der Waals surface area contributed by atoms with Gasteiger partial charge in [0.25, 0.3) is 0 Å². The molecule has 25 heavy (non-hydrogen) atoms. The van der Waals surface area contributed by atoms with Crippen molar-refractivity contribution in [1.29, 1.82) is 0 Å². The fraction of sp³-hybridized carbons (Fsp3) is 0.316. The number of aromatic nitrogens is 1. The molecule has 0 aliphatic carbocycles. The van der Waals surface area contributed by atoms with Crippen LogP contribution in [-0.2, 0) is 4.79 Å². The van der Waals surface area contributed by atoms with Crippen LogP contribution in [0.15, 0.2) is 48.8 Å². The zero-order chi connectivity index (χ0) is 18.1. The molecule has 1 atom stereocenters. The highest BCUT2D eigenvalue weighted by Crippen LogP contribution is 2.18. The van der Waals surface area contributed by atoms with Crippen molar-refractivity contribution in [1.82, 2.24) is 10.3 Å². The summed E-state index contributed by atoms with van der Waals surface area (Å²) in [6, 6.07) is 10.5. The van der Waals surface area contributed by atoms with Gasteiger partial charge >= 0.3 is 6.03 Å². The Morgan fingerprint density at radius 2 is 1.72 bits per heavy atom. The van der Waals surface area contributed by atoms with Gasteiger partial charge in [-0.2, -0.15) is 0 Å². The first-order valence-corrected chi connectivity index (χ1v) is 8.49. The maximum atomic E-state index is 12.3. The maximum Gasteiger partial charge on any atom is 0.319 e. The molecule has 132 valence electrons. The highest BCUT2D eigenvalue weighted by Gasteiger charge is 2.12. The second kappa shape index (κ2) is 9.42. The Kier molecular flexibility index (Phi) is 6.95. The molecular weight excluding hydrogens is 316 g/mol. The number of hydrogen-bond donors (Lipinski definition) is 3. The lowest BCUT2D eigenvalue weighted by atomic mass is 10.1. The number of amides is 3. The monoisotopic (exact) mass is 340 g/mol. The topological polar surface area (TPSA) is 83.1 Å². The molecule has 6 heteroatoms. The summed E-state index contributed by atoms with van der Waals surface area (Å²) in [5, 5.41) is 8.57. The first kappa shape index (κ1) is 18.4. The van der Waals surface area contributed by atoms with E-state index in [1.165, 1.54) is 0 Å². The third kappa shape index (κ3) is 5.91. The minimum Gasteiger partial charge on any atom is -0.331 e. The predicted octanol–water partition coefficient (Wildman–Crippen LogP) is 4.09. The fourth-order valence-electron chi connectivity index (χ4n) is 2.47. The van der Waals surface area contributed by atoms with Crippen molar-refractivity contribution in [3.8, 4) is 0 Å². The third-order valence-corrected chi connectivity index (χ3v) is 3.70. The van der Waals surface area contributed by atoms with Crippen LogP contribution >= 0.6 is 0 Å². The smallest absolute Gasteiger partial charge is 0.319 e. The summed E-state index contributed by atoms with van der Waals surface area (Å²) in [5.74, 6) is -0.0344. The molecule has 0 saturated heterocycles. The lowest BCUT2D eigenvalue weighted by Gasteiger charge is -2.18. The van der Waals surface area contributed by atoms with Crippen molar-refractivity contribution in [3.05, 3.63) is 54.4 Å². The van der Waals surface area contributed by atoms with E-state index in [4.69, 9.17) is 0 Å². The van der Waals surface area contributed by atoms with Crippen LogP contribution in [0.2, 0.25) is 0 Å². The number of carbonyl (C=O) groups excluding carboxylic acids is 2. The number of benzene rings is 1. The third-order valence-electron chi connectivity index (χ3n) is 3.70. The highest BCUT2D eigenvalue weighted by atomic mass is 16.2. The van der Waals surface area contributed by atoms with E-state index in [1.54, 1.807) is 36.7 Å². The number of nitrogens with one attached hydrogen (secondary N) is 3. The van der Waals surface area contributed by atoms with E-state index in [-0.39, 0.29) is 18.0 Å². The summed E-state index contributed by atoms with van der Waals surface area (Å²) < 4.78 is 0. The Bertz CT molecular complexity index is 704. The van der Waals surface area contributed by atoms with Crippen molar-refractivity contribution < 1.29 is 9.59 Å². The summed E-state index contributed by atoms with van der Waals surface area (Å²) in [6.45, 7) is 3.96. The SMILES string of the molecule is CCCC(=O)Nc1cccc(NC(=O)N[C@H](CC)c2ccncc2)c1. The summed E-state index contributed by atoms with van der Waals surface area (Å²) in [4.78, 5) is 27.9. The number of rotatable bonds is 7. The number of pyridine rings is 1. The van der Waals surface area contributed by atoms with E-state index in [0.29, 0.717) is 17.8 Å². The van der Waals surface area contributed by atoms with Crippen molar-refractivity contribution in [2.24, 2.45) is 0 Å². The van der Waals surface area contributed by atoms with E-state index in [1.807, 2.05) is 26.0 Å². The van der Waals surface area contributed by atoms with E-state index in [0.717, 1.165) is 18.4 Å². The minimum absolute atomic E-state index is 0.0344. The molecule has 0 aliphatic rings. The quantitative estimate of drug-likeness (QED) is 0.710. The van der Waals surface area contributed by atoms with Crippen LogP contribution in [0.1, 0.15) is 44.7 Å². The first-order valence-electron chi connectivity index (χ1n) is 8.49. The Balaban J connectivity index is 1.97. The van der Waals surface area contributed by atoms with Crippen LogP contribution in [0.25, 0.3) is 0 Å². The van der Waals surface area contributed by atoms with Gasteiger partial charge in [0.05, 0.1) is 6.04 Å². The van der Waals surface area contributed by atoms with Gasteiger partial charge in [-0.3, -0.25) is 9.78 Å². The summed E-state index contributed by atoms with van der Waals surface area (Å²) in [7, 11) is 0. The van der Waals surface area contributed by atoms with E-state index in [9.17, 15) is 9.59 Å². The van der Waals surface area contributed by atoms with Crippen LogP contribution in [0.3, 0.4) is 0 Å². The average Bonchev–Trinajstić information content (AvgIpc) is 2.61. The average molecular weight is 340 g/mol. The molecular formula is C19H24N4O2. The molecule has 0 fully saturated rings. The van der Waals surface area contributed by atoms with E-state index >= 15 is 0 Å². The van der Waals surface area contributed by atoms with Crippen LogP contribution in [0, 0.1) is 0 Å². The Labute approximate surface area is 148 Å². The molecule has 3 N–H and O–H groups in total. The molecule has 0 aliphatic heterocycles. The van der Waals surface area contributed by atoms with Gasteiger partial charge in [0.15, 0.2) is 0 Å². The van der Waals surface area contributed by atoms with Crippen molar-refractivity contribution in [2.45, 2.75) is 39.2 Å². The molecule has 1 heterocycles. The predicted molar refractivity (Wildman–Crippen MR) is 99.4 cm³/mol. The summed E-state index contributed by atoms with van der Waals surface area (Å²) in [6.07, 6.45) is 5.45. The molecule has 2 rings (SSSR count). The minimum atomic E-state index is -0.291. The van der Waals surface area contributed by atoms with Crippen LogP contribution in [-0.4, -0.2) is 16.9 Å². The standard InChI is InChI=1S/C19H24N4O2/c1-3-6-18(24)21-15-7-5-8-16(13-15)22-19(25)23-17(4-2)14-9-11-20-12-10-14/h5,7-13,17H,3-4,6H2,1-2H3,(H,21,24)(H2,22,23,25)/t17-/m1/s1. The molecule has 2 aromatic rings. The second-order valence-corrected chi connectivity index (χ2v) is 5.72. The lowest BCUT2D eigenvalue weighted by Crippen LogP contribution is -2.32. The zero-order valence-electron chi connectivity index (χ0n) is 14.6. The Morgan fingerprint density at radius 1 is 1.04 bits per heavy atom. The molecule has 1 aromatic carbocycles. The van der Waals surface area contributed by atoms with Gasteiger partial charge in [-0.05, 0) is 48.7 Å². The van der Waals surface area contributed by atoms with Gasteiger partial charge in [0.1, 0.15) is 0 Å². The molecule has 1 aromatic heterocycles. The van der Waals surface area contributed by atoms with Crippen molar-refractivity contribution in [3.63, 3.8) is 0 Å². The van der Waals surface area contributed by atoms with Crippen LogP contribution < -0.4 is 16.0 Å². The van der Waals surface area contributed by atoms with Gasteiger partial charge < -0.3 is 16.0 Å². The molecule has 3 amide bonds. The molecule has 0 bridgehead atoms. The number of anilines is 2. The lowest BCUT2D eigenvalue weighted by molar-refractivity contribution is -0.116. The summed E-state index contributed by atoms with van der Waals surface area (Å²) in [5.41, 5.74) is 2.29. The highest BCUT2D eigenvalue weighted by molar-refractivity contribution is 5.93. The number of nitrogens with zero attached hydrogens (tertiary/aromatic N) is 1. The van der Waals surface area contributed by atoms with Gasteiger partial charge in [-0.25, -0.2) is 4.79 Å². The fourth-order valence-corrected chi connectivity index (χ4v) is 2.47. The van der Waals surface area contributed by atoms with Gasteiger partial charge in [0, 0.05) is 30.2 Å². The largest absolute Gasteiger partial charge is 0.331 e. The van der Waals surface area contributed by atoms with Crippen LogP contribution in [0.5, 0.6) is 0 Å². The maximum absolute atomic E-state index is 12.3. The van der Waals surface area contributed by atoms with Crippen molar-refractivity contribution >= 4 is 23.3 Å². The number of carbonyl (C=O) groups is 2. The number of urea groups is 1. The van der Waals surface area contributed by atoms with Crippen molar-refractivity contribution in [2.75, 3.05) is 10.6 Å². The summed E-state index contributed by atoms with van der Waals surface area (Å²) >= 11 is 0. The Morgan fingerprint density at radius 3 is 2.36 bits per heavy atom. The number of hydrogen-bond acceptors (Lipinski definition) is 3. The molecule has 6 nitrogen and oxygen atoms in total. The molecule has 0 spiro atoms. The molecule has 0 unspecified atom stereocenters. The Hall–Kier alpha value is -2.89. The van der Waals surface area contributed by atoms with E-state index in [2.05, 4.69) is 20.9 Å². The van der Waals surface area contributed by atoms with Gasteiger partial charge in [0.2, 0.25) is 5.91 Å². The normalized spacial score (nSPS) is 11.4. The molecule has 0 radical (unpaired) electrons. The van der Waals surface area contributed by atoms with E-state index < -0.39 is 0 Å². The second-order valence-electron chi connectivity index (χ2n) is 5.72. The van der Waals surface area contributed by atoms with Crippen LogP contribution in [0.4, 0.5) is 16.2 Å². The zero-order valence-corrected chi connectivity index (χ0v) is 14.6. The van der Waals surface area contributed by atoms with Gasteiger partial charge in [-0.1, -0.05) is 19.9 Å².